The molecule has 0 rings (SSSR count). The molecule has 0 aromatic carbocycles. The van der Waals surface area contributed by atoms with Gasteiger partial charge in [-0.15, -0.1) is 0 Å². The van der Waals surface area contributed by atoms with E-state index in [-0.39, 0.29) is 12.1 Å². The van der Waals surface area contributed by atoms with E-state index in [0.717, 1.165) is 0 Å². The number of carbonyl (C=O) groups is 1. The highest BCUT2D eigenvalue weighted by molar-refractivity contribution is 5.68. The van der Waals surface area contributed by atoms with Gasteiger partial charge in [0.1, 0.15) is 0 Å². The molecule has 0 atom stereocenters. The number of ether oxygens (including phenoxy) is 1. The van der Waals surface area contributed by atoms with Crippen molar-refractivity contribution in [1.82, 2.24) is 4.90 Å². The highest BCUT2D eigenvalue weighted by Gasteiger charge is 2.10. The molecule has 0 amide bonds. The van der Waals surface area contributed by atoms with Crippen molar-refractivity contribution in [3.8, 4) is 0 Å². The van der Waals surface area contributed by atoms with Crippen LogP contribution >= 0.6 is 0 Å². The number of nitrogens with zero attached hydrogens (tertiary/aromatic N) is 1. The van der Waals surface area contributed by atoms with Gasteiger partial charge in [-0.2, -0.15) is 0 Å². The summed E-state index contributed by atoms with van der Waals surface area (Å²) in [6, 6.07) is 0. The molecule has 0 heterocycles. The fraction of sp³-hybridized carbons (Fsp3) is 0.889. The van der Waals surface area contributed by atoms with Gasteiger partial charge in [0.15, 0.2) is 0 Å². The van der Waals surface area contributed by atoms with Gasteiger partial charge in [-0.1, -0.05) is 0 Å². The van der Waals surface area contributed by atoms with Gasteiger partial charge in [0.25, 0.3) is 0 Å². The summed E-state index contributed by atoms with van der Waals surface area (Å²) < 4.78 is 5.45. The maximum Gasteiger partial charge on any atom is 0.317 e. The first kappa shape index (κ1) is 12.4. The van der Waals surface area contributed by atoms with Crippen molar-refractivity contribution in [3.05, 3.63) is 0 Å². The quantitative estimate of drug-likeness (QED) is 0.695. The molecule has 4 nitrogen and oxygen atoms in total. The number of hydrogen-bond acceptors (Lipinski definition) is 3. The van der Waals surface area contributed by atoms with E-state index in [1.54, 1.807) is 11.9 Å². The van der Waals surface area contributed by atoms with Crippen LogP contribution in [0, 0.1) is 0 Å². The zero-order chi connectivity index (χ0) is 10.5. The fourth-order valence-corrected chi connectivity index (χ4v) is 0.818. The molecule has 0 radical (unpaired) electrons. The standard InChI is InChI=1S/C9H19NO3/c1-9(2,3)13-6-5-10(4)7-8(11)12/h5-7H2,1-4H3,(H,11,12). The molecule has 0 aliphatic carbocycles. The second-order valence-electron chi connectivity index (χ2n) is 4.09. The predicted molar refractivity (Wildman–Crippen MR) is 50.8 cm³/mol. The number of carboxylic acid groups (broad SMARTS) is 1. The highest BCUT2D eigenvalue weighted by atomic mass is 16.5. The van der Waals surface area contributed by atoms with E-state index < -0.39 is 5.97 Å². The Balaban J connectivity index is 3.48. The average Bonchev–Trinajstić information content (AvgIpc) is 1.81. The fourth-order valence-electron chi connectivity index (χ4n) is 0.818. The minimum atomic E-state index is -0.807. The molecule has 0 fully saturated rings. The molecular weight excluding hydrogens is 170 g/mol. The summed E-state index contributed by atoms with van der Waals surface area (Å²) in [6.45, 7) is 7.20. The van der Waals surface area contributed by atoms with Gasteiger partial charge in [0.05, 0.1) is 18.8 Å². The molecule has 1 N–H and O–H groups in total. The second kappa shape index (κ2) is 5.19. The van der Waals surface area contributed by atoms with Crippen LogP contribution in [0.5, 0.6) is 0 Å². The Morgan fingerprint density at radius 2 is 2.00 bits per heavy atom. The summed E-state index contributed by atoms with van der Waals surface area (Å²) in [7, 11) is 1.76. The van der Waals surface area contributed by atoms with Gasteiger partial charge < -0.3 is 9.84 Å². The van der Waals surface area contributed by atoms with Crippen LogP contribution < -0.4 is 0 Å². The van der Waals surface area contributed by atoms with Crippen LogP contribution in [-0.4, -0.2) is 48.3 Å². The van der Waals surface area contributed by atoms with Crippen LogP contribution in [0.1, 0.15) is 20.8 Å². The third-order valence-corrected chi connectivity index (χ3v) is 1.41. The summed E-state index contributed by atoms with van der Waals surface area (Å²) in [5, 5.41) is 8.46. The molecule has 0 aliphatic heterocycles. The molecule has 0 spiro atoms. The molecule has 13 heavy (non-hydrogen) atoms. The van der Waals surface area contributed by atoms with Gasteiger partial charge in [-0.25, -0.2) is 0 Å². The second-order valence-corrected chi connectivity index (χ2v) is 4.09. The average molecular weight is 189 g/mol. The van der Waals surface area contributed by atoms with E-state index in [2.05, 4.69) is 0 Å². The molecule has 0 unspecified atom stereocenters. The van der Waals surface area contributed by atoms with Crippen LogP contribution in [0.3, 0.4) is 0 Å². The summed E-state index contributed by atoms with van der Waals surface area (Å²) in [4.78, 5) is 12.0. The van der Waals surface area contributed by atoms with Crippen molar-refractivity contribution in [3.63, 3.8) is 0 Å². The first-order valence-corrected chi connectivity index (χ1v) is 4.35. The Hall–Kier alpha value is -0.610. The van der Waals surface area contributed by atoms with Crippen LogP contribution in [0.2, 0.25) is 0 Å². The molecule has 0 aliphatic rings. The summed E-state index contributed by atoms with van der Waals surface area (Å²) >= 11 is 0. The van der Waals surface area contributed by atoms with Crippen molar-refractivity contribution in [2.24, 2.45) is 0 Å². The molecule has 78 valence electrons. The highest BCUT2D eigenvalue weighted by Crippen LogP contribution is 2.05. The number of hydrogen-bond donors (Lipinski definition) is 1. The predicted octanol–water partition coefficient (Wildman–Crippen LogP) is 0.818. The van der Waals surface area contributed by atoms with E-state index in [4.69, 9.17) is 9.84 Å². The normalized spacial score (nSPS) is 12.1. The first-order valence-electron chi connectivity index (χ1n) is 4.35. The zero-order valence-electron chi connectivity index (χ0n) is 8.83. The van der Waals surface area contributed by atoms with Crippen LogP contribution in [0.25, 0.3) is 0 Å². The first-order chi connectivity index (χ1) is 5.81. The monoisotopic (exact) mass is 189 g/mol. The molecule has 0 aromatic rings. The third kappa shape index (κ3) is 9.30. The number of aliphatic carboxylic acids is 1. The van der Waals surface area contributed by atoms with Crippen molar-refractivity contribution in [2.75, 3.05) is 26.7 Å². The lowest BCUT2D eigenvalue weighted by atomic mass is 10.2. The lowest BCUT2D eigenvalue weighted by molar-refractivity contribution is -0.138. The number of carboxylic acids is 1. The molecule has 4 heteroatoms. The van der Waals surface area contributed by atoms with E-state index in [0.29, 0.717) is 13.2 Å². The van der Waals surface area contributed by atoms with Gasteiger partial charge in [-0.3, -0.25) is 9.69 Å². The topological polar surface area (TPSA) is 49.8 Å². The molecule has 0 saturated carbocycles. The number of rotatable bonds is 5. The summed E-state index contributed by atoms with van der Waals surface area (Å²) in [5.74, 6) is -0.807. The van der Waals surface area contributed by atoms with Crippen LogP contribution in [0.4, 0.5) is 0 Å². The zero-order valence-corrected chi connectivity index (χ0v) is 8.83. The minimum Gasteiger partial charge on any atom is -0.480 e. The van der Waals surface area contributed by atoms with Crippen LogP contribution in [-0.2, 0) is 9.53 Å². The lowest BCUT2D eigenvalue weighted by Gasteiger charge is -2.21. The van der Waals surface area contributed by atoms with E-state index in [9.17, 15) is 4.79 Å². The summed E-state index contributed by atoms with van der Waals surface area (Å²) in [5.41, 5.74) is -0.149. The third-order valence-electron chi connectivity index (χ3n) is 1.41. The largest absolute Gasteiger partial charge is 0.480 e. The molecule has 0 saturated heterocycles. The smallest absolute Gasteiger partial charge is 0.317 e. The summed E-state index contributed by atoms with van der Waals surface area (Å²) in [6.07, 6.45) is 0. The van der Waals surface area contributed by atoms with Crippen LogP contribution in [0.15, 0.2) is 0 Å². The van der Waals surface area contributed by atoms with Crippen molar-refractivity contribution in [2.45, 2.75) is 26.4 Å². The van der Waals surface area contributed by atoms with Crippen molar-refractivity contribution >= 4 is 5.97 Å². The van der Waals surface area contributed by atoms with Gasteiger partial charge in [0, 0.05) is 6.54 Å². The molecule has 0 aromatic heterocycles. The van der Waals surface area contributed by atoms with E-state index in [1.165, 1.54) is 0 Å². The molecule has 0 bridgehead atoms. The Labute approximate surface area is 79.5 Å². The van der Waals surface area contributed by atoms with E-state index >= 15 is 0 Å². The minimum absolute atomic E-state index is 0.0630. The Kier molecular flexibility index (Phi) is 4.95. The van der Waals surface area contributed by atoms with Gasteiger partial charge in [0.2, 0.25) is 0 Å². The lowest BCUT2D eigenvalue weighted by Crippen LogP contribution is -2.31. The molecular formula is C9H19NO3. The maximum absolute atomic E-state index is 10.3. The van der Waals surface area contributed by atoms with Gasteiger partial charge >= 0.3 is 5.97 Å². The van der Waals surface area contributed by atoms with Crippen molar-refractivity contribution in [1.29, 1.82) is 0 Å². The van der Waals surface area contributed by atoms with Crippen molar-refractivity contribution < 1.29 is 14.6 Å². The Morgan fingerprint density at radius 1 is 1.46 bits per heavy atom. The Bertz CT molecular complexity index is 163. The maximum atomic E-state index is 10.3. The van der Waals surface area contributed by atoms with Gasteiger partial charge in [-0.05, 0) is 27.8 Å². The number of likely N-dealkylation sites (N-methyl/N-ethyl adjacent to an activating group) is 1. The Morgan fingerprint density at radius 3 is 2.38 bits per heavy atom. The SMILES string of the molecule is CN(CCOC(C)(C)C)CC(=O)O. The van der Waals surface area contributed by atoms with E-state index in [1.807, 2.05) is 20.8 Å².